The van der Waals surface area contributed by atoms with Gasteiger partial charge in [0, 0.05) is 25.3 Å². The molecule has 3 aromatic rings. The summed E-state index contributed by atoms with van der Waals surface area (Å²) < 4.78 is 13.0. The number of nitrogens with one attached hydrogen (secondary N) is 2. The predicted octanol–water partition coefficient (Wildman–Crippen LogP) is 3.53. The van der Waals surface area contributed by atoms with Crippen LogP contribution in [0.2, 0.25) is 0 Å². The Hall–Kier alpha value is -3.66. The summed E-state index contributed by atoms with van der Waals surface area (Å²) in [5, 5.41) is 13.4. The number of aryl methyl sites for hydroxylation is 1. The smallest absolute Gasteiger partial charge is 0.286 e. The monoisotopic (exact) mass is 495 g/mol. The topological polar surface area (TPSA) is 104 Å². The van der Waals surface area contributed by atoms with Gasteiger partial charge in [0.25, 0.3) is 11.8 Å². The van der Waals surface area contributed by atoms with E-state index in [2.05, 4.69) is 33.0 Å². The zero-order valence-corrected chi connectivity index (χ0v) is 19.9. The van der Waals surface area contributed by atoms with Crippen LogP contribution in [0.4, 0.5) is 10.1 Å². The predicted molar refractivity (Wildman–Crippen MR) is 131 cm³/mol. The van der Waals surface area contributed by atoms with Crippen molar-refractivity contribution < 1.29 is 18.8 Å². The second kappa shape index (κ2) is 11.7. The highest BCUT2D eigenvalue weighted by Crippen LogP contribution is 2.21. The molecule has 0 bridgehead atoms. The quantitative estimate of drug-likeness (QED) is 0.465. The van der Waals surface area contributed by atoms with E-state index < -0.39 is 11.7 Å². The molecule has 1 fully saturated rings. The van der Waals surface area contributed by atoms with E-state index in [1.54, 1.807) is 4.90 Å². The van der Waals surface area contributed by atoms with Crippen molar-refractivity contribution in [1.29, 1.82) is 0 Å². The lowest BCUT2D eigenvalue weighted by molar-refractivity contribution is -0.126. The van der Waals surface area contributed by atoms with E-state index in [4.69, 9.17) is 0 Å². The highest BCUT2D eigenvalue weighted by atomic mass is 32.1. The number of halogens is 1. The molecule has 0 spiro atoms. The second-order valence-corrected chi connectivity index (χ2v) is 9.32. The first-order valence-corrected chi connectivity index (χ1v) is 12.3. The lowest BCUT2D eigenvalue weighted by atomic mass is 9.97. The van der Waals surface area contributed by atoms with Crippen molar-refractivity contribution in [3.8, 4) is 0 Å². The molecule has 1 aliphatic rings. The number of carbonyl (C=O) groups is 3. The lowest BCUT2D eigenvalue weighted by Gasteiger charge is -2.31. The normalized spacial score (nSPS) is 15.5. The first-order chi connectivity index (χ1) is 17.0. The summed E-state index contributed by atoms with van der Waals surface area (Å²) in [6, 6.07) is 15.4. The number of benzene rings is 2. The molecule has 0 radical (unpaired) electrons. The molecule has 2 aromatic carbocycles. The largest absolute Gasteiger partial charge is 0.356 e. The van der Waals surface area contributed by atoms with E-state index in [-0.39, 0.29) is 27.7 Å². The minimum atomic E-state index is -0.528. The number of rotatable bonds is 8. The third kappa shape index (κ3) is 6.69. The Bertz CT molecular complexity index is 1170. The Morgan fingerprint density at radius 1 is 1.03 bits per heavy atom. The molecule has 2 heterocycles. The zero-order valence-electron chi connectivity index (χ0n) is 19.1. The first kappa shape index (κ1) is 24.5. The van der Waals surface area contributed by atoms with Gasteiger partial charge in [-0.2, -0.15) is 0 Å². The average Bonchev–Trinajstić information content (AvgIpc) is 3.39. The summed E-state index contributed by atoms with van der Waals surface area (Å²) in [5.41, 5.74) is 1.65. The van der Waals surface area contributed by atoms with Crippen LogP contribution in [0.15, 0.2) is 54.6 Å². The molecule has 182 valence electrons. The summed E-state index contributed by atoms with van der Waals surface area (Å²) in [7, 11) is 0. The van der Waals surface area contributed by atoms with Crippen molar-refractivity contribution in [2.45, 2.75) is 25.7 Å². The van der Waals surface area contributed by atoms with Gasteiger partial charge in [-0.1, -0.05) is 41.7 Å². The third-order valence-corrected chi connectivity index (χ3v) is 6.68. The van der Waals surface area contributed by atoms with E-state index in [1.807, 2.05) is 18.2 Å². The zero-order chi connectivity index (χ0) is 24.6. The molecular weight excluding hydrogens is 469 g/mol. The SMILES string of the molecule is O=C(Nc1ccc(F)cc1)c1nnc(C(=O)N2CCC[C@@H](C(=O)NCCCc3ccccc3)C2)s1. The van der Waals surface area contributed by atoms with Crippen LogP contribution in [0.25, 0.3) is 0 Å². The molecule has 4 rings (SSSR count). The number of anilines is 1. The van der Waals surface area contributed by atoms with Gasteiger partial charge in [0.05, 0.1) is 5.92 Å². The maximum absolute atomic E-state index is 13.0. The van der Waals surface area contributed by atoms with Crippen molar-refractivity contribution in [1.82, 2.24) is 20.4 Å². The molecule has 0 unspecified atom stereocenters. The Kier molecular flexibility index (Phi) is 8.15. The molecule has 10 heteroatoms. The Balaban J connectivity index is 1.27. The van der Waals surface area contributed by atoms with Gasteiger partial charge in [0.2, 0.25) is 15.9 Å². The van der Waals surface area contributed by atoms with Crippen LogP contribution in [-0.2, 0) is 11.2 Å². The Labute approximate surface area is 206 Å². The highest BCUT2D eigenvalue weighted by Gasteiger charge is 2.30. The number of aromatic nitrogens is 2. The average molecular weight is 496 g/mol. The van der Waals surface area contributed by atoms with E-state index in [9.17, 15) is 18.8 Å². The molecule has 0 aliphatic carbocycles. The molecular formula is C25H26FN5O3S. The Morgan fingerprint density at radius 2 is 1.77 bits per heavy atom. The molecule has 2 N–H and O–H groups in total. The van der Waals surface area contributed by atoms with Crippen molar-refractivity contribution in [2.75, 3.05) is 25.0 Å². The first-order valence-electron chi connectivity index (χ1n) is 11.5. The van der Waals surface area contributed by atoms with Gasteiger partial charge >= 0.3 is 0 Å². The van der Waals surface area contributed by atoms with Crippen LogP contribution in [0.5, 0.6) is 0 Å². The molecule has 0 saturated carbocycles. The minimum Gasteiger partial charge on any atom is -0.356 e. The van der Waals surface area contributed by atoms with E-state index in [0.717, 1.165) is 30.6 Å². The van der Waals surface area contributed by atoms with Crippen LogP contribution in [0, 0.1) is 11.7 Å². The van der Waals surface area contributed by atoms with Gasteiger partial charge in [-0.25, -0.2) is 4.39 Å². The summed E-state index contributed by atoms with van der Waals surface area (Å²) >= 11 is 0.889. The van der Waals surface area contributed by atoms with Crippen LogP contribution < -0.4 is 10.6 Å². The van der Waals surface area contributed by atoms with Crippen LogP contribution in [-0.4, -0.2) is 52.5 Å². The van der Waals surface area contributed by atoms with Gasteiger partial charge in [-0.15, -0.1) is 10.2 Å². The van der Waals surface area contributed by atoms with Gasteiger partial charge in [-0.3, -0.25) is 14.4 Å². The minimum absolute atomic E-state index is 0.0300. The molecule has 1 aliphatic heterocycles. The molecule has 8 nitrogen and oxygen atoms in total. The van der Waals surface area contributed by atoms with Crippen LogP contribution in [0.1, 0.15) is 44.4 Å². The standard InChI is InChI=1S/C25H26FN5O3S/c26-19-10-12-20(13-11-19)28-22(33)23-29-30-24(35-23)25(34)31-15-5-9-18(16-31)21(32)27-14-4-8-17-6-2-1-3-7-17/h1-3,6-7,10-13,18H,4-5,8-9,14-16H2,(H,27,32)(H,28,33)/t18-/m1/s1. The van der Waals surface area contributed by atoms with E-state index in [1.165, 1.54) is 29.8 Å². The van der Waals surface area contributed by atoms with Crippen molar-refractivity contribution in [2.24, 2.45) is 5.92 Å². The summed E-state index contributed by atoms with van der Waals surface area (Å²) in [6.45, 7) is 1.41. The van der Waals surface area contributed by atoms with Crippen molar-refractivity contribution in [3.05, 3.63) is 76.0 Å². The number of piperidine rings is 1. The van der Waals surface area contributed by atoms with Crippen molar-refractivity contribution in [3.63, 3.8) is 0 Å². The van der Waals surface area contributed by atoms with Gasteiger partial charge in [-0.05, 0) is 55.5 Å². The number of carbonyl (C=O) groups excluding carboxylic acids is 3. The molecule has 1 saturated heterocycles. The molecule has 1 atom stereocenters. The third-order valence-electron chi connectivity index (χ3n) is 5.77. The second-order valence-electron chi connectivity index (χ2n) is 8.34. The van der Waals surface area contributed by atoms with Crippen molar-refractivity contribution >= 4 is 34.7 Å². The van der Waals surface area contributed by atoms with Gasteiger partial charge in [0.1, 0.15) is 5.82 Å². The molecule has 1 aromatic heterocycles. The Morgan fingerprint density at radius 3 is 2.54 bits per heavy atom. The maximum atomic E-state index is 13.0. The number of likely N-dealkylation sites (tertiary alicyclic amines) is 1. The fraction of sp³-hybridized carbons (Fsp3) is 0.320. The fourth-order valence-corrected chi connectivity index (χ4v) is 4.63. The van der Waals surface area contributed by atoms with E-state index >= 15 is 0 Å². The van der Waals surface area contributed by atoms with Gasteiger partial charge in [0.15, 0.2) is 0 Å². The summed E-state index contributed by atoms with van der Waals surface area (Å²) in [6.07, 6.45) is 3.17. The summed E-state index contributed by atoms with van der Waals surface area (Å²) in [4.78, 5) is 39.6. The number of amides is 3. The number of hydrogen-bond donors (Lipinski definition) is 2. The van der Waals surface area contributed by atoms with Gasteiger partial charge < -0.3 is 15.5 Å². The fourth-order valence-electron chi connectivity index (χ4n) is 3.92. The maximum Gasteiger partial charge on any atom is 0.286 e. The summed E-state index contributed by atoms with van der Waals surface area (Å²) in [5.74, 6) is -1.61. The molecule has 3 amide bonds. The van der Waals surface area contributed by atoms with Crippen LogP contribution >= 0.6 is 11.3 Å². The van der Waals surface area contributed by atoms with Crippen LogP contribution in [0.3, 0.4) is 0 Å². The number of nitrogens with zero attached hydrogens (tertiary/aromatic N) is 3. The van der Waals surface area contributed by atoms with E-state index in [0.29, 0.717) is 31.7 Å². The molecule has 35 heavy (non-hydrogen) atoms. The highest BCUT2D eigenvalue weighted by molar-refractivity contribution is 7.15. The lowest BCUT2D eigenvalue weighted by Crippen LogP contribution is -2.45. The number of hydrogen-bond acceptors (Lipinski definition) is 6.